The number of carbonyl (C=O) groups is 2. The quantitative estimate of drug-likeness (QED) is 0.185. The van der Waals surface area contributed by atoms with Gasteiger partial charge in [-0.05, 0) is 25.7 Å². The van der Waals surface area contributed by atoms with Crippen molar-refractivity contribution in [1.29, 1.82) is 0 Å². The van der Waals surface area contributed by atoms with Gasteiger partial charge in [0.15, 0.2) is 10.1 Å². The van der Waals surface area contributed by atoms with Crippen molar-refractivity contribution in [2.24, 2.45) is 0 Å². The van der Waals surface area contributed by atoms with Crippen molar-refractivity contribution >= 4 is 22.1 Å². The summed E-state index contributed by atoms with van der Waals surface area (Å²) in [5.41, 5.74) is 0. The van der Waals surface area contributed by atoms with Crippen LogP contribution in [0.25, 0.3) is 0 Å². The zero-order chi connectivity index (χ0) is 21.8. The Morgan fingerprint density at radius 3 is 2.07 bits per heavy atom. The average molecular weight is 439 g/mol. The summed E-state index contributed by atoms with van der Waals surface area (Å²) in [5.74, 6) is -9.00. The monoisotopic (exact) mass is 439 g/mol. The van der Waals surface area contributed by atoms with E-state index in [0.29, 0.717) is 12.8 Å². The van der Waals surface area contributed by atoms with Gasteiger partial charge in [0, 0.05) is 6.08 Å². The van der Waals surface area contributed by atoms with Crippen molar-refractivity contribution in [3.05, 3.63) is 12.7 Å². The summed E-state index contributed by atoms with van der Waals surface area (Å²) in [6.07, 6.45) is -4.72. The van der Waals surface area contributed by atoms with Crippen LogP contribution in [0.4, 0.5) is 22.0 Å². The van der Waals surface area contributed by atoms with E-state index in [1.54, 1.807) is 0 Å². The SMILES string of the molecule is C=CC(=O)OC(OCC(F)(F)S(=O)(=O)[O-])(C(=O)OC1CCCCC1)C(F)(F)F. The van der Waals surface area contributed by atoms with Gasteiger partial charge in [0.1, 0.15) is 12.7 Å². The minimum absolute atomic E-state index is 0.167. The van der Waals surface area contributed by atoms with E-state index < -0.39 is 52.0 Å². The molecule has 1 rings (SSSR count). The van der Waals surface area contributed by atoms with Crippen LogP contribution in [-0.4, -0.2) is 54.8 Å². The fourth-order valence-corrected chi connectivity index (χ4v) is 2.44. The van der Waals surface area contributed by atoms with Crippen molar-refractivity contribution in [3.8, 4) is 0 Å². The van der Waals surface area contributed by atoms with Gasteiger partial charge in [-0.15, -0.1) is 0 Å². The molecule has 0 aromatic heterocycles. The van der Waals surface area contributed by atoms with Crippen LogP contribution in [0.3, 0.4) is 0 Å². The van der Waals surface area contributed by atoms with Crippen LogP contribution in [0.5, 0.6) is 0 Å². The Bertz CT molecular complexity index is 699. The molecule has 0 aromatic carbocycles. The first-order valence-electron chi connectivity index (χ1n) is 7.77. The molecule has 1 aliphatic carbocycles. The molecule has 14 heteroatoms. The maximum Gasteiger partial charge on any atom is 0.468 e. The first kappa shape index (κ1) is 24.2. The second-order valence-electron chi connectivity index (χ2n) is 5.79. The van der Waals surface area contributed by atoms with E-state index in [9.17, 15) is 44.5 Å². The minimum Gasteiger partial charge on any atom is -0.743 e. The van der Waals surface area contributed by atoms with Crippen molar-refractivity contribution in [1.82, 2.24) is 0 Å². The summed E-state index contributed by atoms with van der Waals surface area (Å²) >= 11 is 0. The minimum atomic E-state index is -6.45. The van der Waals surface area contributed by atoms with Crippen molar-refractivity contribution < 1.29 is 58.7 Å². The molecule has 0 spiro atoms. The number of hydrogen-bond acceptors (Lipinski definition) is 8. The molecular weight excluding hydrogens is 423 g/mol. The summed E-state index contributed by atoms with van der Waals surface area (Å²) in [4.78, 5) is 23.4. The third-order valence-electron chi connectivity index (χ3n) is 3.69. The van der Waals surface area contributed by atoms with Crippen LogP contribution in [-0.2, 0) is 33.9 Å². The van der Waals surface area contributed by atoms with Crippen LogP contribution >= 0.6 is 0 Å². The molecule has 8 nitrogen and oxygen atoms in total. The Labute approximate surface area is 156 Å². The fourth-order valence-electron chi connectivity index (χ4n) is 2.24. The van der Waals surface area contributed by atoms with Gasteiger partial charge in [0.2, 0.25) is 0 Å². The summed E-state index contributed by atoms with van der Waals surface area (Å²) in [6.45, 7) is 0.0867. The normalized spacial score (nSPS) is 18.8. The Morgan fingerprint density at radius 2 is 1.64 bits per heavy atom. The summed E-state index contributed by atoms with van der Waals surface area (Å²) in [5, 5.41) is -5.35. The maximum atomic E-state index is 13.5. The molecule has 0 heterocycles. The van der Waals surface area contributed by atoms with Gasteiger partial charge in [-0.1, -0.05) is 13.0 Å². The molecule has 0 amide bonds. The predicted octanol–water partition coefficient (Wildman–Crippen LogP) is 2.00. The Hall–Kier alpha value is -1.80. The van der Waals surface area contributed by atoms with Crippen LogP contribution in [0.15, 0.2) is 12.7 Å². The van der Waals surface area contributed by atoms with Crippen molar-refractivity contribution in [2.45, 2.75) is 55.4 Å². The second-order valence-corrected chi connectivity index (χ2v) is 7.29. The van der Waals surface area contributed by atoms with Gasteiger partial charge in [0.05, 0.1) is 0 Å². The number of hydrogen-bond donors (Lipinski definition) is 0. The van der Waals surface area contributed by atoms with E-state index in [1.807, 2.05) is 0 Å². The van der Waals surface area contributed by atoms with Gasteiger partial charge in [-0.25, -0.2) is 18.0 Å². The lowest BCUT2D eigenvalue weighted by atomic mass is 9.98. The molecule has 162 valence electrons. The number of esters is 2. The van der Waals surface area contributed by atoms with E-state index in [2.05, 4.69) is 20.8 Å². The molecule has 1 unspecified atom stereocenters. The van der Waals surface area contributed by atoms with Gasteiger partial charge in [0.25, 0.3) is 0 Å². The highest BCUT2D eigenvalue weighted by Gasteiger charge is 2.69. The Kier molecular flexibility index (Phi) is 7.53. The molecule has 0 N–H and O–H groups in total. The van der Waals surface area contributed by atoms with Gasteiger partial charge in [-0.2, -0.15) is 22.0 Å². The fraction of sp³-hybridized carbons (Fsp3) is 0.714. The van der Waals surface area contributed by atoms with Crippen molar-refractivity contribution in [3.63, 3.8) is 0 Å². The van der Waals surface area contributed by atoms with Crippen molar-refractivity contribution in [2.75, 3.05) is 6.61 Å². The molecule has 1 atom stereocenters. The second kappa shape index (κ2) is 8.69. The predicted molar refractivity (Wildman–Crippen MR) is 78.6 cm³/mol. The van der Waals surface area contributed by atoms with Gasteiger partial charge < -0.3 is 18.8 Å². The number of rotatable bonds is 8. The molecular formula is C14H16F5O8S-. The molecule has 28 heavy (non-hydrogen) atoms. The smallest absolute Gasteiger partial charge is 0.468 e. The van der Waals surface area contributed by atoms with E-state index in [0.717, 1.165) is 6.42 Å². The lowest BCUT2D eigenvalue weighted by Gasteiger charge is -2.35. The lowest BCUT2D eigenvalue weighted by molar-refractivity contribution is -0.361. The Balaban J connectivity index is 3.26. The first-order valence-corrected chi connectivity index (χ1v) is 9.17. The third-order valence-corrected chi connectivity index (χ3v) is 4.54. The average Bonchev–Trinajstić information content (AvgIpc) is 2.57. The van der Waals surface area contributed by atoms with E-state index >= 15 is 0 Å². The lowest BCUT2D eigenvalue weighted by Crippen LogP contribution is -2.60. The molecule has 0 saturated heterocycles. The van der Waals surface area contributed by atoms with E-state index in [4.69, 9.17) is 0 Å². The van der Waals surface area contributed by atoms with E-state index in [-0.39, 0.29) is 18.9 Å². The maximum absolute atomic E-state index is 13.5. The third kappa shape index (κ3) is 5.61. The number of halogens is 5. The van der Waals surface area contributed by atoms with Crippen LogP contribution < -0.4 is 0 Å². The molecule has 0 radical (unpaired) electrons. The van der Waals surface area contributed by atoms with Crippen LogP contribution in [0, 0.1) is 0 Å². The zero-order valence-electron chi connectivity index (χ0n) is 14.2. The van der Waals surface area contributed by atoms with E-state index in [1.165, 1.54) is 0 Å². The standard InChI is InChI=1S/C14H17F5O8S/c1-2-10(20)27-13(14(17,18)19,25-8-12(15,16)28(22,23)24)11(21)26-9-6-4-3-5-7-9/h2,9H,1,3-8H2,(H,22,23,24)/p-1. The molecule has 1 aliphatic rings. The first-order chi connectivity index (χ1) is 12.7. The zero-order valence-corrected chi connectivity index (χ0v) is 15.0. The number of alkyl halides is 5. The highest BCUT2D eigenvalue weighted by molar-refractivity contribution is 7.86. The van der Waals surface area contributed by atoms with Crippen LogP contribution in [0.1, 0.15) is 32.1 Å². The highest BCUT2D eigenvalue weighted by atomic mass is 32.2. The summed E-state index contributed by atoms with van der Waals surface area (Å²) in [7, 11) is -6.45. The molecule has 0 aromatic rings. The molecule has 1 fully saturated rings. The number of carbonyl (C=O) groups excluding carboxylic acids is 2. The Morgan fingerprint density at radius 1 is 1.11 bits per heavy atom. The molecule has 0 aliphatic heterocycles. The molecule has 1 saturated carbocycles. The van der Waals surface area contributed by atoms with Gasteiger partial charge in [-0.3, -0.25) is 0 Å². The van der Waals surface area contributed by atoms with Crippen LogP contribution in [0.2, 0.25) is 0 Å². The number of ether oxygens (including phenoxy) is 3. The topological polar surface area (TPSA) is 119 Å². The summed E-state index contributed by atoms with van der Waals surface area (Å²) in [6, 6.07) is 0. The molecule has 0 bridgehead atoms. The van der Waals surface area contributed by atoms with Gasteiger partial charge >= 0.3 is 29.2 Å². The summed E-state index contributed by atoms with van der Waals surface area (Å²) < 4.78 is 111. The highest BCUT2D eigenvalue weighted by Crippen LogP contribution is 2.39. The largest absolute Gasteiger partial charge is 0.743 e.